The van der Waals surface area contributed by atoms with Gasteiger partial charge in [0.1, 0.15) is 23.9 Å². The standard InChI is InChI=1S/C16H19ClFNO2/c1-3-19-15(16-8-7-11(21-16)10-20-2)9-12-13(17)5-4-6-14(12)18/h4-8,15,19H,3,9-10H2,1-2H3. The highest BCUT2D eigenvalue weighted by atomic mass is 35.5. The molecule has 2 rings (SSSR count). The smallest absolute Gasteiger partial charge is 0.129 e. The van der Waals surface area contributed by atoms with Crippen molar-refractivity contribution in [3.05, 3.63) is 58.3 Å². The van der Waals surface area contributed by atoms with E-state index >= 15 is 0 Å². The minimum atomic E-state index is -0.297. The minimum absolute atomic E-state index is 0.130. The summed E-state index contributed by atoms with van der Waals surface area (Å²) in [5.74, 6) is 1.20. The van der Waals surface area contributed by atoms with Crippen molar-refractivity contribution < 1.29 is 13.5 Å². The average Bonchev–Trinajstić information content (AvgIpc) is 2.91. The second-order valence-corrected chi connectivity index (χ2v) is 5.16. The zero-order chi connectivity index (χ0) is 15.2. The molecule has 0 aliphatic rings. The summed E-state index contributed by atoms with van der Waals surface area (Å²) in [7, 11) is 1.61. The van der Waals surface area contributed by atoms with Gasteiger partial charge in [-0.3, -0.25) is 0 Å². The first-order chi connectivity index (χ1) is 10.2. The van der Waals surface area contributed by atoms with Crippen molar-refractivity contribution in [2.24, 2.45) is 0 Å². The maximum atomic E-state index is 13.9. The molecular weight excluding hydrogens is 293 g/mol. The van der Waals surface area contributed by atoms with E-state index in [1.165, 1.54) is 6.07 Å². The third kappa shape index (κ3) is 4.06. The Bertz CT molecular complexity index is 565. The van der Waals surface area contributed by atoms with Crippen molar-refractivity contribution in [3.8, 4) is 0 Å². The van der Waals surface area contributed by atoms with Crippen LogP contribution in [0.5, 0.6) is 0 Å². The highest BCUT2D eigenvalue weighted by molar-refractivity contribution is 6.31. The monoisotopic (exact) mass is 311 g/mol. The van der Waals surface area contributed by atoms with E-state index in [2.05, 4.69) is 5.32 Å². The first-order valence-corrected chi connectivity index (χ1v) is 7.27. The lowest BCUT2D eigenvalue weighted by Crippen LogP contribution is -2.23. The van der Waals surface area contributed by atoms with E-state index in [-0.39, 0.29) is 11.9 Å². The van der Waals surface area contributed by atoms with E-state index < -0.39 is 0 Å². The zero-order valence-electron chi connectivity index (χ0n) is 12.2. The largest absolute Gasteiger partial charge is 0.462 e. The molecule has 1 atom stereocenters. The Balaban J connectivity index is 2.22. The predicted octanol–water partition coefficient (Wildman–Crippen LogP) is 4.11. The maximum Gasteiger partial charge on any atom is 0.129 e. The minimum Gasteiger partial charge on any atom is -0.462 e. The van der Waals surface area contributed by atoms with Gasteiger partial charge in [-0.1, -0.05) is 24.6 Å². The van der Waals surface area contributed by atoms with Gasteiger partial charge in [0.25, 0.3) is 0 Å². The van der Waals surface area contributed by atoms with Crippen LogP contribution in [-0.2, 0) is 17.8 Å². The molecule has 1 unspecified atom stereocenters. The van der Waals surface area contributed by atoms with Crippen molar-refractivity contribution in [2.75, 3.05) is 13.7 Å². The van der Waals surface area contributed by atoms with Crippen molar-refractivity contribution in [1.82, 2.24) is 5.32 Å². The Kier molecular flexibility index (Phi) is 5.79. The topological polar surface area (TPSA) is 34.4 Å². The molecule has 0 bridgehead atoms. The number of hydrogen-bond acceptors (Lipinski definition) is 3. The van der Waals surface area contributed by atoms with Gasteiger partial charge in [0.2, 0.25) is 0 Å². The number of ether oxygens (including phenoxy) is 1. The lowest BCUT2D eigenvalue weighted by atomic mass is 10.0. The summed E-state index contributed by atoms with van der Waals surface area (Å²) in [6.45, 7) is 3.16. The number of halogens is 2. The summed E-state index contributed by atoms with van der Waals surface area (Å²) in [5, 5.41) is 3.73. The number of hydrogen-bond donors (Lipinski definition) is 1. The van der Waals surface area contributed by atoms with Gasteiger partial charge >= 0.3 is 0 Å². The van der Waals surface area contributed by atoms with Crippen LogP contribution in [0.25, 0.3) is 0 Å². The van der Waals surface area contributed by atoms with Crippen LogP contribution in [0.2, 0.25) is 5.02 Å². The lowest BCUT2D eigenvalue weighted by molar-refractivity contribution is 0.161. The lowest BCUT2D eigenvalue weighted by Gasteiger charge is -2.17. The van der Waals surface area contributed by atoms with Crippen LogP contribution in [0, 0.1) is 5.82 Å². The molecule has 0 amide bonds. The fraction of sp³-hybridized carbons (Fsp3) is 0.375. The van der Waals surface area contributed by atoms with Gasteiger partial charge < -0.3 is 14.5 Å². The molecule has 1 N–H and O–H groups in total. The maximum absolute atomic E-state index is 13.9. The summed E-state index contributed by atoms with van der Waals surface area (Å²) < 4.78 is 24.7. The number of methoxy groups -OCH3 is 1. The molecule has 114 valence electrons. The van der Waals surface area contributed by atoms with Crippen molar-refractivity contribution in [3.63, 3.8) is 0 Å². The summed E-state index contributed by atoms with van der Waals surface area (Å²) >= 11 is 6.10. The number of nitrogens with one attached hydrogen (secondary N) is 1. The number of benzene rings is 1. The summed E-state index contributed by atoms with van der Waals surface area (Å²) in [5.41, 5.74) is 0.495. The second kappa shape index (κ2) is 7.59. The Morgan fingerprint density at radius 1 is 1.33 bits per heavy atom. The molecule has 1 aromatic heterocycles. The van der Waals surface area contributed by atoms with Crippen LogP contribution in [0.15, 0.2) is 34.7 Å². The Hall–Kier alpha value is -1.36. The van der Waals surface area contributed by atoms with Crippen LogP contribution in [-0.4, -0.2) is 13.7 Å². The molecule has 0 saturated heterocycles. The van der Waals surface area contributed by atoms with E-state index in [0.717, 1.165) is 18.1 Å². The van der Waals surface area contributed by atoms with E-state index in [1.54, 1.807) is 19.2 Å². The molecule has 3 nitrogen and oxygen atoms in total. The second-order valence-electron chi connectivity index (χ2n) is 4.75. The Morgan fingerprint density at radius 3 is 2.81 bits per heavy atom. The van der Waals surface area contributed by atoms with Crippen LogP contribution in [0.3, 0.4) is 0 Å². The third-order valence-electron chi connectivity index (χ3n) is 3.23. The number of furan rings is 1. The molecule has 2 aromatic rings. The predicted molar refractivity (Wildman–Crippen MR) is 81.0 cm³/mol. The molecule has 0 aliphatic heterocycles. The van der Waals surface area contributed by atoms with Crippen molar-refractivity contribution in [1.29, 1.82) is 0 Å². The van der Waals surface area contributed by atoms with E-state index in [0.29, 0.717) is 23.6 Å². The van der Waals surface area contributed by atoms with Crippen LogP contribution in [0.4, 0.5) is 4.39 Å². The van der Waals surface area contributed by atoms with Gasteiger partial charge in [0.05, 0.1) is 6.04 Å². The molecule has 0 spiro atoms. The molecule has 1 aromatic carbocycles. The first kappa shape index (κ1) is 16.0. The molecule has 0 radical (unpaired) electrons. The quantitative estimate of drug-likeness (QED) is 0.835. The fourth-order valence-electron chi connectivity index (χ4n) is 2.25. The number of likely N-dealkylation sites (N-methyl/N-ethyl adjacent to an activating group) is 1. The first-order valence-electron chi connectivity index (χ1n) is 6.89. The van der Waals surface area contributed by atoms with Crippen LogP contribution in [0.1, 0.15) is 30.0 Å². The summed E-state index contributed by atoms with van der Waals surface area (Å²) in [6, 6.07) is 8.34. The highest BCUT2D eigenvalue weighted by Crippen LogP contribution is 2.27. The summed E-state index contributed by atoms with van der Waals surface area (Å²) in [6.07, 6.45) is 0.430. The van der Waals surface area contributed by atoms with E-state index in [1.807, 2.05) is 19.1 Å². The van der Waals surface area contributed by atoms with Gasteiger partial charge in [-0.2, -0.15) is 0 Å². The highest BCUT2D eigenvalue weighted by Gasteiger charge is 2.19. The average molecular weight is 312 g/mol. The molecule has 0 saturated carbocycles. The van der Waals surface area contributed by atoms with Crippen LogP contribution < -0.4 is 5.32 Å². The molecular formula is C16H19ClFNO2. The summed E-state index contributed by atoms with van der Waals surface area (Å²) in [4.78, 5) is 0. The zero-order valence-corrected chi connectivity index (χ0v) is 12.9. The van der Waals surface area contributed by atoms with Crippen LogP contribution >= 0.6 is 11.6 Å². The van der Waals surface area contributed by atoms with Gasteiger partial charge in [0, 0.05) is 17.7 Å². The molecule has 1 heterocycles. The van der Waals surface area contributed by atoms with Gasteiger partial charge in [-0.25, -0.2) is 4.39 Å². The third-order valence-corrected chi connectivity index (χ3v) is 3.59. The normalized spacial score (nSPS) is 12.6. The molecule has 0 fully saturated rings. The van der Waals surface area contributed by atoms with Gasteiger partial charge in [-0.05, 0) is 37.2 Å². The Labute approximate surface area is 129 Å². The molecule has 21 heavy (non-hydrogen) atoms. The van der Waals surface area contributed by atoms with Crippen molar-refractivity contribution in [2.45, 2.75) is 26.0 Å². The van der Waals surface area contributed by atoms with E-state index in [4.69, 9.17) is 20.8 Å². The number of rotatable bonds is 7. The Morgan fingerprint density at radius 2 is 2.14 bits per heavy atom. The van der Waals surface area contributed by atoms with E-state index in [9.17, 15) is 4.39 Å². The fourth-order valence-corrected chi connectivity index (χ4v) is 2.49. The van der Waals surface area contributed by atoms with Gasteiger partial charge in [0.15, 0.2) is 0 Å². The molecule has 0 aliphatic carbocycles. The SMILES string of the molecule is CCNC(Cc1c(F)cccc1Cl)c1ccc(COC)o1. The van der Waals surface area contributed by atoms with Gasteiger partial charge in [-0.15, -0.1) is 0 Å². The van der Waals surface area contributed by atoms with Crippen molar-refractivity contribution >= 4 is 11.6 Å². The molecule has 5 heteroatoms.